The van der Waals surface area contributed by atoms with Crippen LogP contribution in [0.15, 0.2) is 24.3 Å². The van der Waals surface area contributed by atoms with Crippen LogP contribution in [-0.4, -0.2) is 37.2 Å². The zero-order valence-electron chi connectivity index (χ0n) is 44.5. The summed E-state index contributed by atoms with van der Waals surface area (Å²) in [5.74, 6) is -0.865. The lowest BCUT2D eigenvalue weighted by Gasteiger charge is -2.18. The van der Waals surface area contributed by atoms with E-state index in [1.54, 1.807) is 0 Å². The van der Waals surface area contributed by atoms with E-state index in [1.165, 1.54) is 205 Å². The molecule has 0 N–H and O–H groups in total. The average Bonchev–Trinajstić information content (AvgIpc) is 3.31. The summed E-state index contributed by atoms with van der Waals surface area (Å²) in [5, 5.41) is 0. The Labute approximate surface area is 411 Å². The highest BCUT2D eigenvalue weighted by Gasteiger charge is 2.19. The molecule has 0 aromatic heterocycles. The van der Waals surface area contributed by atoms with Gasteiger partial charge in [-0.1, -0.05) is 276 Å². The third kappa shape index (κ3) is 52.9. The molecule has 6 nitrogen and oxygen atoms in total. The minimum absolute atomic E-state index is 0.0715. The van der Waals surface area contributed by atoms with Crippen molar-refractivity contribution in [1.29, 1.82) is 0 Å². The maximum atomic E-state index is 12.8. The fraction of sp³-hybridized carbons (Fsp3) is 0.883. The largest absolute Gasteiger partial charge is 0.462 e. The van der Waals surface area contributed by atoms with Crippen LogP contribution >= 0.6 is 0 Å². The molecule has 0 saturated heterocycles. The molecule has 0 bridgehead atoms. The van der Waals surface area contributed by atoms with Crippen molar-refractivity contribution >= 4 is 17.9 Å². The molecule has 0 saturated carbocycles. The van der Waals surface area contributed by atoms with Gasteiger partial charge in [-0.2, -0.15) is 0 Å². The molecule has 388 valence electrons. The minimum atomic E-state index is -0.773. The predicted molar refractivity (Wildman–Crippen MR) is 284 cm³/mol. The van der Waals surface area contributed by atoms with Crippen LogP contribution in [0.5, 0.6) is 0 Å². The van der Waals surface area contributed by atoms with Crippen molar-refractivity contribution in [2.75, 3.05) is 13.2 Å². The maximum absolute atomic E-state index is 12.8. The van der Waals surface area contributed by atoms with Gasteiger partial charge in [0.1, 0.15) is 13.2 Å². The standard InChI is InChI=1S/C60H112O6/c1-4-7-10-13-16-19-22-25-27-28-29-30-31-32-34-35-38-41-44-47-50-53-59(62)65-56-57(55-64-58(61)52-49-46-43-40-37-24-21-18-15-12-9-6-3)66-60(63)54-51-48-45-42-39-36-33-26-23-20-17-14-11-8-5-2/h17,20,26,33,57H,4-16,18-19,21-25,27-32,34-56H2,1-3H3/b20-17-,33-26-. The number of ether oxygens (including phenoxy) is 3. The Kier molecular flexibility index (Phi) is 53.7. The predicted octanol–water partition coefficient (Wildman–Crippen LogP) is 19.5. The van der Waals surface area contributed by atoms with Crippen LogP contribution in [0, 0.1) is 0 Å². The lowest BCUT2D eigenvalue weighted by Crippen LogP contribution is -2.30. The van der Waals surface area contributed by atoms with E-state index < -0.39 is 6.10 Å². The first-order valence-electron chi connectivity index (χ1n) is 29.3. The Bertz CT molecular complexity index is 1070. The highest BCUT2D eigenvalue weighted by Crippen LogP contribution is 2.17. The summed E-state index contributed by atoms with van der Waals surface area (Å²) in [6.45, 7) is 6.65. The fourth-order valence-corrected chi connectivity index (χ4v) is 8.77. The molecule has 66 heavy (non-hydrogen) atoms. The number of allylic oxidation sites excluding steroid dienone is 4. The molecule has 6 heteroatoms. The van der Waals surface area contributed by atoms with Crippen LogP contribution in [0.1, 0.15) is 323 Å². The van der Waals surface area contributed by atoms with Gasteiger partial charge in [0.25, 0.3) is 0 Å². The fourth-order valence-electron chi connectivity index (χ4n) is 8.77. The molecule has 0 aromatic carbocycles. The molecule has 0 radical (unpaired) electrons. The van der Waals surface area contributed by atoms with E-state index in [-0.39, 0.29) is 31.1 Å². The van der Waals surface area contributed by atoms with Crippen molar-refractivity contribution in [3.05, 3.63) is 24.3 Å². The highest BCUT2D eigenvalue weighted by atomic mass is 16.6. The molecular weight excluding hydrogens is 817 g/mol. The van der Waals surface area contributed by atoms with Crippen LogP contribution in [0.4, 0.5) is 0 Å². The first-order valence-corrected chi connectivity index (χ1v) is 29.3. The Morgan fingerprint density at radius 3 is 0.864 bits per heavy atom. The smallest absolute Gasteiger partial charge is 0.306 e. The van der Waals surface area contributed by atoms with Gasteiger partial charge in [-0.3, -0.25) is 14.4 Å². The number of rotatable bonds is 54. The SMILES string of the molecule is CCCCC/C=C\C/C=C\CCCCCCCC(=O)OC(COC(=O)CCCCCCCCCCCCCC)COC(=O)CCCCCCCCCCCCCCCCCCCCCCC. The summed E-state index contributed by atoms with van der Waals surface area (Å²) < 4.78 is 16.9. The maximum Gasteiger partial charge on any atom is 0.306 e. The second-order valence-electron chi connectivity index (χ2n) is 19.9. The van der Waals surface area contributed by atoms with Crippen molar-refractivity contribution in [3.8, 4) is 0 Å². The molecule has 0 aliphatic heterocycles. The molecule has 0 spiro atoms. The number of hydrogen-bond acceptors (Lipinski definition) is 6. The third-order valence-corrected chi connectivity index (χ3v) is 13.2. The van der Waals surface area contributed by atoms with Gasteiger partial charge in [-0.15, -0.1) is 0 Å². The molecule has 1 unspecified atom stereocenters. The van der Waals surface area contributed by atoms with E-state index in [4.69, 9.17) is 14.2 Å². The normalized spacial score (nSPS) is 12.1. The topological polar surface area (TPSA) is 78.9 Å². The van der Waals surface area contributed by atoms with Gasteiger partial charge < -0.3 is 14.2 Å². The van der Waals surface area contributed by atoms with Crippen LogP contribution in [-0.2, 0) is 28.6 Å². The first-order chi connectivity index (χ1) is 32.5. The van der Waals surface area contributed by atoms with Crippen molar-refractivity contribution in [2.24, 2.45) is 0 Å². The van der Waals surface area contributed by atoms with Crippen molar-refractivity contribution in [1.82, 2.24) is 0 Å². The molecule has 1 atom stereocenters. The summed E-state index contributed by atoms with van der Waals surface area (Å²) in [7, 11) is 0. The van der Waals surface area contributed by atoms with Gasteiger partial charge in [0.2, 0.25) is 0 Å². The summed E-state index contributed by atoms with van der Waals surface area (Å²) >= 11 is 0. The molecule has 0 rings (SSSR count). The number of unbranched alkanes of at least 4 members (excludes halogenated alkanes) is 39. The molecule has 0 aliphatic rings. The molecule has 0 heterocycles. The molecule has 0 fully saturated rings. The minimum Gasteiger partial charge on any atom is -0.462 e. The lowest BCUT2D eigenvalue weighted by molar-refractivity contribution is -0.167. The van der Waals surface area contributed by atoms with Crippen molar-refractivity contribution in [2.45, 2.75) is 329 Å². The first kappa shape index (κ1) is 63.9. The number of esters is 3. The Hall–Kier alpha value is -2.11. The van der Waals surface area contributed by atoms with Gasteiger partial charge in [0, 0.05) is 19.3 Å². The summed E-state index contributed by atoms with van der Waals surface area (Å²) in [4.78, 5) is 38.1. The Morgan fingerprint density at radius 1 is 0.303 bits per heavy atom. The second kappa shape index (κ2) is 55.5. The summed E-state index contributed by atoms with van der Waals surface area (Å²) in [5.41, 5.74) is 0. The van der Waals surface area contributed by atoms with Gasteiger partial charge in [-0.05, 0) is 51.4 Å². The van der Waals surface area contributed by atoms with Gasteiger partial charge in [0.15, 0.2) is 6.10 Å². The zero-order valence-corrected chi connectivity index (χ0v) is 44.5. The van der Waals surface area contributed by atoms with Crippen molar-refractivity contribution < 1.29 is 28.6 Å². The van der Waals surface area contributed by atoms with Gasteiger partial charge in [-0.25, -0.2) is 0 Å². The molecule has 0 amide bonds. The Balaban J connectivity index is 4.27. The third-order valence-electron chi connectivity index (χ3n) is 13.2. The van der Waals surface area contributed by atoms with Crippen LogP contribution in [0.3, 0.4) is 0 Å². The zero-order chi connectivity index (χ0) is 47.9. The number of carbonyl (C=O) groups excluding carboxylic acids is 3. The molecule has 0 aliphatic carbocycles. The van der Waals surface area contributed by atoms with E-state index in [0.29, 0.717) is 19.3 Å². The van der Waals surface area contributed by atoms with E-state index in [1.807, 2.05) is 0 Å². The van der Waals surface area contributed by atoms with Crippen LogP contribution in [0.25, 0.3) is 0 Å². The van der Waals surface area contributed by atoms with E-state index in [0.717, 1.165) is 77.0 Å². The van der Waals surface area contributed by atoms with E-state index in [9.17, 15) is 14.4 Å². The van der Waals surface area contributed by atoms with Crippen LogP contribution in [0.2, 0.25) is 0 Å². The van der Waals surface area contributed by atoms with E-state index in [2.05, 4.69) is 45.1 Å². The summed E-state index contributed by atoms with van der Waals surface area (Å²) in [6, 6.07) is 0. The monoisotopic (exact) mass is 929 g/mol. The van der Waals surface area contributed by atoms with E-state index >= 15 is 0 Å². The van der Waals surface area contributed by atoms with Gasteiger partial charge >= 0.3 is 17.9 Å². The van der Waals surface area contributed by atoms with Gasteiger partial charge in [0.05, 0.1) is 0 Å². The average molecular weight is 930 g/mol. The quantitative estimate of drug-likeness (QED) is 0.0262. The molecular formula is C60H112O6. The summed E-state index contributed by atoms with van der Waals surface area (Å²) in [6.07, 6.45) is 64.6. The number of hydrogen-bond donors (Lipinski definition) is 0. The van der Waals surface area contributed by atoms with Crippen molar-refractivity contribution in [3.63, 3.8) is 0 Å². The number of carbonyl (C=O) groups is 3. The van der Waals surface area contributed by atoms with Crippen LogP contribution < -0.4 is 0 Å². The molecule has 0 aromatic rings. The second-order valence-corrected chi connectivity index (χ2v) is 19.9. The highest BCUT2D eigenvalue weighted by molar-refractivity contribution is 5.71. The lowest BCUT2D eigenvalue weighted by atomic mass is 10.0. The Morgan fingerprint density at radius 2 is 0.545 bits per heavy atom.